The standard InChI is InChI=1S/C15H26NO4Si/c1-7-8-19-13(18)16-10-12(17)9-15(16,14(2,3)4)11-20-21(5)6/h7H,1,8-11H2,2-6H3/t15-/m1/s1. The number of ether oxygens (including phenoxy) is 1. The normalized spacial score (nSPS) is 22.8. The van der Waals surface area contributed by atoms with Gasteiger partial charge in [0.15, 0.2) is 5.78 Å². The van der Waals surface area contributed by atoms with Gasteiger partial charge in [0.25, 0.3) is 0 Å². The zero-order chi connectivity index (χ0) is 16.3. The monoisotopic (exact) mass is 312 g/mol. The fourth-order valence-corrected chi connectivity index (χ4v) is 3.06. The fourth-order valence-electron chi connectivity index (χ4n) is 2.53. The van der Waals surface area contributed by atoms with Gasteiger partial charge in [-0.2, -0.15) is 0 Å². The highest BCUT2D eigenvalue weighted by Crippen LogP contribution is 2.43. The SMILES string of the molecule is C=CCOC(=O)N1CC(=O)C[C@@]1(CO[Si](C)C)C(C)(C)C. The number of amides is 1. The molecule has 0 bridgehead atoms. The molecule has 0 N–H and O–H groups in total. The van der Waals surface area contributed by atoms with Crippen LogP contribution in [0.4, 0.5) is 4.79 Å². The molecule has 1 saturated heterocycles. The van der Waals surface area contributed by atoms with Crippen molar-refractivity contribution < 1.29 is 18.8 Å². The summed E-state index contributed by atoms with van der Waals surface area (Å²) in [5.41, 5.74) is -0.937. The number of rotatable bonds is 5. The van der Waals surface area contributed by atoms with Gasteiger partial charge in [-0.25, -0.2) is 4.79 Å². The third-order valence-corrected chi connectivity index (χ3v) is 4.60. The molecule has 1 radical (unpaired) electrons. The number of hydrogen-bond acceptors (Lipinski definition) is 4. The van der Waals surface area contributed by atoms with Crippen LogP contribution in [0, 0.1) is 5.41 Å². The third-order valence-electron chi connectivity index (χ3n) is 3.88. The molecule has 0 unspecified atom stereocenters. The van der Waals surface area contributed by atoms with Gasteiger partial charge in [0.1, 0.15) is 6.61 Å². The van der Waals surface area contributed by atoms with Crippen LogP contribution in [0.5, 0.6) is 0 Å². The van der Waals surface area contributed by atoms with Crippen LogP contribution in [-0.4, -0.2) is 51.1 Å². The number of carbonyl (C=O) groups excluding carboxylic acids is 2. The summed E-state index contributed by atoms with van der Waals surface area (Å²) in [5, 5.41) is 0. The lowest BCUT2D eigenvalue weighted by Gasteiger charge is -2.47. The Balaban J connectivity index is 3.08. The summed E-state index contributed by atoms with van der Waals surface area (Å²) in [7, 11) is -0.908. The smallest absolute Gasteiger partial charge is 0.411 e. The Labute approximate surface area is 129 Å². The van der Waals surface area contributed by atoms with E-state index in [-0.39, 0.29) is 24.3 Å². The Morgan fingerprint density at radius 3 is 2.57 bits per heavy atom. The van der Waals surface area contributed by atoms with E-state index in [0.717, 1.165) is 0 Å². The highest BCUT2D eigenvalue weighted by Gasteiger charge is 2.55. The molecular formula is C15H26NO4Si. The van der Waals surface area contributed by atoms with Crippen LogP contribution in [0.1, 0.15) is 27.2 Å². The molecular weight excluding hydrogens is 286 g/mol. The molecule has 0 saturated carbocycles. The van der Waals surface area contributed by atoms with Crippen molar-refractivity contribution >= 4 is 20.9 Å². The quantitative estimate of drug-likeness (QED) is 0.578. The first-order chi connectivity index (χ1) is 9.64. The van der Waals surface area contributed by atoms with Crippen LogP contribution >= 0.6 is 0 Å². The van der Waals surface area contributed by atoms with E-state index >= 15 is 0 Å². The second-order valence-electron chi connectivity index (χ2n) is 6.65. The Kier molecular flexibility index (Phi) is 5.75. The predicted molar refractivity (Wildman–Crippen MR) is 83.5 cm³/mol. The number of likely N-dealkylation sites (tertiary alicyclic amines) is 1. The van der Waals surface area contributed by atoms with E-state index in [4.69, 9.17) is 9.16 Å². The summed E-state index contributed by atoms with van der Waals surface area (Å²) >= 11 is 0. The van der Waals surface area contributed by atoms with Gasteiger partial charge in [0.2, 0.25) is 9.04 Å². The molecule has 119 valence electrons. The Bertz CT molecular complexity index is 416. The number of nitrogens with zero attached hydrogens (tertiary/aromatic N) is 1. The zero-order valence-electron chi connectivity index (χ0n) is 13.7. The number of carbonyl (C=O) groups is 2. The molecule has 1 fully saturated rings. The van der Waals surface area contributed by atoms with Crippen LogP contribution < -0.4 is 0 Å². The van der Waals surface area contributed by atoms with E-state index in [1.54, 1.807) is 4.90 Å². The van der Waals surface area contributed by atoms with Crippen molar-refractivity contribution in [3.05, 3.63) is 12.7 Å². The molecule has 1 aliphatic rings. The van der Waals surface area contributed by atoms with Gasteiger partial charge < -0.3 is 9.16 Å². The van der Waals surface area contributed by atoms with Crippen LogP contribution in [0.15, 0.2) is 12.7 Å². The molecule has 21 heavy (non-hydrogen) atoms. The summed E-state index contributed by atoms with van der Waals surface area (Å²) in [4.78, 5) is 25.9. The molecule has 0 aromatic heterocycles. The van der Waals surface area contributed by atoms with Gasteiger partial charge in [-0.1, -0.05) is 33.4 Å². The minimum atomic E-state index is -0.908. The van der Waals surface area contributed by atoms with Gasteiger partial charge in [0.05, 0.1) is 18.7 Å². The van der Waals surface area contributed by atoms with E-state index < -0.39 is 20.7 Å². The highest BCUT2D eigenvalue weighted by atomic mass is 28.3. The number of Topliss-reactive ketones (excluding diaryl/α,β-unsaturated/α-hetero) is 1. The predicted octanol–water partition coefficient (Wildman–Crippen LogP) is 2.64. The summed E-state index contributed by atoms with van der Waals surface area (Å²) in [6.45, 7) is 14.3. The second-order valence-corrected chi connectivity index (χ2v) is 8.75. The topological polar surface area (TPSA) is 55.8 Å². The zero-order valence-corrected chi connectivity index (χ0v) is 14.7. The van der Waals surface area contributed by atoms with Gasteiger partial charge >= 0.3 is 6.09 Å². The Morgan fingerprint density at radius 1 is 1.48 bits per heavy atom. The van der Waals surface area contributed by atoms with Crippen molar-refractivity contribution in [2.75, 3.05) is 19.8 Å². The van der Waals surface area contributed by atoms with Gasteiger partial charge in [-0.15, -0.1) is 0 Å². The van der Waals surface area contributed by atoms with Crippen molar-refractivity contribution in [2.45, 2.75) is 45.8 Å². The Hall–Kier alpha value is -1.14. The fraction of sp³-hybridized carbons (Fsp3) is 0.733. The molecule has 0 aliphatic carbocycles. The first-order valence-electron chi connectivity index (χ1n) is 7.14. The molecule has 1 aliphatic heterocycles. The van der Waals surface area contributed by atoms with E-state index in [9.17, 15) is 9.59 Å². The molecule has 6 heteroatoms. The first kappa shape index (κ1) is 17.9. The minimum absolute atomic E-state index is 0.0463. The maximum atomic E-state index is 12.3. The molecule has 1 amide bonds. The van der Waals surface area contributed by atoms with Crippen molar-refractivity contribution in [1.29, 1.82) is 0 Å². The first-order valence-corrected chi connectivity index (χ1v) is 9.55. The van der Waals surface area contributed by atoms with Gasteiger partial charge in [-0.05, 0) is 18.5 Å². The summed E-state index contributed by atoms with van der Waals surface area (Å²) in [5.74, 6) is 0.0463. The lowest BCUT2D eigenvalue weighted by Crippen LogP contribution is -2.59. The third kappa shape index (κ3) is 3.94. The van der Waals surface area contributed by atoms with Crippen LogP contribution in [0.3, 0.4) is 0 Å². The lowest BCUT2D eigenvalue weighted by molar-refractivity contribution is -0.117. The molecule has 1 atom stereocenters. The molecule has 5 nitrogen and oxygen atoms in total. The largest absolute Gasteiger partial charge is 0.445 e. The molecule has 0 aromatic rings. The van der Waals surface area contributed by atoms with Crippen molar-refractivity contribution in [1.82, 2.24) is 4.90 Å². The summed E-state index contributed by atoms with van der Waals surface area (Å²) in [6.07, 6.45) is 1.36. The summed E-state index contributed by atoms with van der Waals surface area (Å²) < 4.78 is 11.0. The van der Waals surface area contributed by atoms with Crippen molar-refractivity contribution in [3.63, 3.8) is 0 Å². The van der Waals surface area contributed by atoms with E-state index in [1.165, 1.54) is 6.08 Å². The lowest BCUT2D eigenvalue weighted by atomic mass is 9.72. The molecule has 0 aromatic carbocycles. The number of hydrogen-bond donors (Lipinski definition) is 0. The van der Waals surface area contributed by atoms with Gasteiger partial charge in [-0.3, -0.25) is 9.69 Å². The van der Waals surface area contributed by atoms with E-state index in [1.807, 2.05) is 33.9 Å². The van der Waals surface area contributed by atoms with Crippen molar-refractivity contribution in [3.8, 4) is 0 Å². The molecule has 1 rings (SSSR count). The van der Waals surface area contributed by atoms with Crippen LogP contribution in [0.25, 0.3) is 0 Å². The van der Waals surface area contributed by atoms with Crippen molar-refractivity contribution in [2.24, 2.45) is 5.41 Å². The van der Waals surface area contributed by atoms with E-state index in [2.05, 4.69) is 6.58 Å². The Morgan fingerprint density at radius 2 is 2.10 bits per heavy atom. The van der Waals surface area contributed by atoms with E-state index in [0.29, 0.717) is 13.0 Å². The summed E-state index contributed by atoms with van der Waals surface area (Å²) in [6, 6.07) is 0. The highest BCUT2D eigenvalue weighted by molar-refractivity contribution is 6.48. The second kappa shape index (κ2) is 6.75. The average Bonchev–Trinajstić information content (AvgIpc) is 2.71. The number of ketones is 1. The minimum Gasteiger partial charge on any atom is -0.445 e. The maximum absolute atomic E-state index is 12.3. The van der Waals surface area contributed by atoms with Gasteiger partial charge in [0, 0.05) is 6.42 Å². The maximum Gasteiger partial charge on any atom is 0.411 e. The molecule has 0 spiro atoms. The molecule has 1 heterocycles. The van der Waals surface area contributed by atoms with Crippen LogP contribution in [-0.2, 0) is 14.0 Å². The van der Waals surface area contributed by atoms with Crippen LogP contribution in [0.2, 0.25) is 13.1 Å². The average molecular weight is 312 g/mol.